The molecular formula is C14H15ClN2. The first-order valence-electron chi connectivity index (χ1n) is 5.60. The second-order valence-electron chi connectivity index (χ2n) is 4.14. The number of halogens is 1. The molecule has 0 saturated carbocycles. The zero-order valence-corrected chi connectivity index (χ0v) is 10.5. The van der Waals surface area contributed by atoms with E-state index in [2.05, 4.69) is 11.1 Å². The number of pyridine rings is 1. The van der Waals surface area contributed by atoms with Crippen LogP contribution in [0.1, 0.15) is 29.8 Å². The summed E-state index contributed by atoms with van der Waals surface area (Å²) < 4.78 is 0. The van der Waals surface area contributed by atoms with Gasteiger partial charge in [-0.3, -0.25) is 4.98 Å². The molecule has 0 saturated heterocycles. The zero-order valence-electron chi connectivity index (χ0n) is 9.73. The summed E-state index contributed by atoms with van der Waals surface area (Å²) in [4.78, 5) is 4.29. The lowest BCUT2D eigenvalue weighted by molar-refractivity contribution is 0.817. The molecule has 2 N–H and O–H groups in total. The van der Waals surface area contributed by atoms with Gasteiger partial charge in [-0.15, -0.1) is 0 Å². The lowest BCUT2D eigenvalue weighted by atomic mass is 10.0. The van der Waals surface area contributed by atoms with Crippen molar-refractivity contribution in [3.63, 3.8) is 0 Å². The van der Waals surface area contributed by atoms with E-state index in [-0.39, 0.29) is 6.04 Å². The molecule has 0 radical (unpaired) electrons. The molecule has 2 rings (SSSR count). The van der Waals surface area contributed by atoms with Gasteiger partial charge in [0, 0.05) is 29.4 Å². The monoisotopic (exact) mass is 246 g/mol. The molecule has 3 heteroatoms. The Morgan fingerprint density at radius 3 is 2.71 bits per heavy atom. The molecule has 0 aliphatic rings. The number of nitrogens with zero attached hydrogens (tertiary/aromatic N) is 1. The predicted molar refractivity (Wildman–Crippen MR) is 71.1 cm³/mol. The van der Waals surface area contributed by atoms with Crippen LogP contribution < -0.4 is 5.73 Å². The number of aromatic nitrogens is 1. The highest BCUT2D eigenvalue weighted by atomic mass is 35.5. The minimum Gasteiger partial charge on any atom is -0.324 e. The van der Waals surface area contributed by atoms with Gasteiger partial charge in [-0.25, -0.2) is 0 Å². The molecule has 2 nitrogen and oxygen atoms in total. The van der Waals surface area contributed by atoms with Crippen LogP contribution in [0, 0.1) is 0 Å². The van der Waals surface area contributed by atoms with E-state index >= 15 is 0 Å². The van der Waals surface area contributed by atoms with Crippen LogP contribution in [0.15, 0.2) is 42.6 Å². The molecular weight excluding hydrogens is 232 g/mol. The van der Waals surface area contributed by atoms with Crippen LogP contribution in [0.5, 0.6) is 0 Å². The molecule has 17 heavy (non-hydrogen) atoms. The molecule has 0 fully saturated rings. The van der Waals surface area contributed by atoms with Gasteiger partial charge in [-0.1, -0.05) is 29.8 Å². The molecule has 0 aliphatic heterocycles. The second kappa shape index (κ2) is 5.30. The zero-order chi connectivity index (χ0) is 12.3. The second-order valence-corrected chi connectivity index (χ2v) is 4.55. The van der Waals surface area contributed by atoms with E-state index < -0.39 is 0 Å². The predicted octanol–water partition coefficient (Wildman–Crippen LogP) is 3.35. The average Bonchev–Trinajstić information content (AvgIpc) is 2.30. The Hall–Kier alpha value is -1.38. The lowest BCUT2D eigenvalue weighted by Crippen LogP contribution is -2.05. The van der Waals surface area contributed by atoms with E-state index in [9.17, 15) is 0 Å². The minimum absolute atomic E-state index is 0.0357. The van der Waals surface area contributed by atoms with Gasteiger partial charge < -0.3 is 5.73 Å². The summed E-state index contributed by atoms with van der Waals surface area (Å²) in [5, 5.41) is 0.730. The van der Waals surface area contributed by atoms with Crippen molar-refractivity contribution in [1.29, 1.82) is 0 Å². The third-order valence-electron chi connectivity index (χ3n) is 2.67. The fourth-order valence-corrected chi connectivity index (χ4v) is 2.14. The van der Waals surface area contributed by atoms with Gasteiger partial charge in [-0.2, -0.15) is 0 Å². The van der Waals surface area contributed by atoms with Crippen LogP contribution in [-0.2, 0) is 6.42 Å². The van der Waals surface area contributed by atoms with Crippen molar-refractivity contribution < 1.29 is 0 Å². The molecule has 1 unspecified atom stereocenters. The average molecular weight is 247 g/mol. The van der Waals surface area contributed by atoms with Crippen LogP contribution in [-0.4, -0.2) is 4.98 Å². The Kier molecular flexibility index (Phi) is 3.77. The Balaban J connectivity index is 2.21. The molecule has 0 spiro atoms. The van der Waals surface area contributed by atoms with Gasteiger partial charge in [0.05, 0.1) is 0 Å². The normalized spacial score (nSPS) is 12.4. The topological polar surface area (TPSA) is 38.9 Å². The van der Waals surface area contributed by atoms with Crippen molar-refractivity contribution in [1.82, 2.24) is 4.98 Å². The van der Waals surface area contributed by atoms with Crippen LogP contribution in [0.25, 0.3) is 0 Å². The standard InChI is InChI=1S/C14H15ClN2/c1-10(16)13-6-5-11(9-14(13)15)8-12-4-2-3-7-17-12/h2-7,9-10H,8,16H2,1H3. The smallest absolute Gasteiger partial charge is 0.0456 e. The van der Waals surface area contributed by atoms with Gasteiger partial charge >= 0.3 is 0 Å². The first kappa shape index (κ1) is 12.1. The van der Waals surface area contributed by atoms with Crippen molar-refractivity contribution in [3.8, 4) is 0 Å². The summed E-state index contributed by atoms with van der Waals surface area (Å²) in [7, 11) is 0. The van der Waals surface area contributed by atoms with Gasteiger partial charge in [0.2, 0.25) is 0 Å². The van der Waals surface area contributed by atoms with Crippen molar-refractivity contribution in [3.05, 3.63) is 64.4 Å². The maximum absolute atomic E-state index is 6.19. The molecule has 1 atom stereocenters. The Labute approximate surface area is 106 Å². The van der Waals surface area contributed by atoms with E-state index in [1.165, 1.54) is 0 Å². The summed E-state index contributed by atoms with van der Waals surface area (Å²) in [5.41, 5.74) is 8.99. The maximum Gasteiger partial charge on any atom is 0.0456 e. The number of nitrogens with two attached hydrogens (primary N) is 1. The number of rotatable bonds is 3. The quantitative estimate of drug-likeness (QED) is 0.902. The largest absolute Gasteiger partial charge is 0.324 e. The molecule has 0 aliphatic carbocycles. The Morgan fingerprint density at radius 1 is 1.29 bits per heavy atom. The van der Waals surface area contributed by atoms with Crippen LogP contribution in [0.4, 0.5) is 0 Å². The molecule has 1 aromatic carbocycles. The Morgan fingerprint density at radius 2 is 2.12 bits per heavy atom. The summed E-state index contributed by atoms with van der Waals surface area (Å²) in [6, 6.07) is 11.9. The van der Waals surface area contributed by atoms with E-state index in [1.54, 1.807) is 6.20 Å². The molecule has 1 heterocycles. The highest BCUT2D eigenvalue weighted by molar-refractivity contribution is 6.31. The van der Waals surface area contributed by atoms with E-state index in [1.807, 2.05) is 37.3 Å². The maximum atomic E-state index is 6.19. The van der Waals surface area contributed by atoms with E-state index in [4.69, 9.17) is 17.3 Å². The highest BCUT2D eigenvalue weighted by Crippen LogP contribution is 2.23. The van der Waals surface area contributed by atoms with Gasteiger partial charge in [-0.05, 0) is 36.2 Å². The fourth-order valence-electron chi connectivity index (χ4n) is 1.76. The third-order valence-corrected chi connectivity index (χ3v) is 2.99. The van der Waals surface area contributed by atoms with Crippen molar-refractivity contribution >= 4 is 11.6 Å². The van der Waals surface area contributed by atoms with Crippen molar-refractivity contribution in [2.45, 2.75) is 19.4 Å². The summed E-state index contributed by atoms with van der Waals surface area (Å²) in [6.45, 7) is 1.93. The third kappa shape index (κ3) is 3.05. The van der Waals surface area contributed by atoms with Crippen LogP contribution in [0.2, 0.25) is 5.02 Å². The van der Waals surface area contributed by atoms with Gasteiger partial charge in [0.15, 0.2) is 0 Å². The molecule has 1 aromatic heterocycles. The Bertz CT molecular complexity index is 495. The summed E-state index contributed by atoms with van der Waals surface area (Å²) in [5.74, 6) is 0. The van der Waals surface area contributed by atoms with E-state index in [0.717, 1.165) is 28.3 Å². The van der Waals surface area contributed by atoms with Gasteiger partial charge in [0.1, 0.15) is 0 Å². The summed E-state index contributed by atoms with van der Waals surface area (Å²) >= 11 is 6.19. The number of benzene rings is 1. The SMILES string of the molecule is CC(N)c1ccc(Cc2ccccn2)cc1Cl. The first-order chi connectivity index (χ1) is 8.16. The minimum atomic E-state index is -0.0357. The van der Waals surface area contributed by atoms with Crippen LogP contribution >= 0.6 is 11.6 Å². The number of hydrogen-bond donors (Lipinski definition) is 1. The van der Waals surface area contributed by atoms with Crippen molar-refractivity contribution in [2.24, 2.45) is 5.73 Å². The molecule has 0 amide bonds. The first-order valence-corrected chi connectivity index (χ1v) is 5.98. The number of hydrogen-bond acceptors (Lipinski definition) is 2. The fraction of sp³-hybridized carbons (Fsp3) is 0.214. The summed E-state index contributed by atoms with van der Waals surface area (Å²) in [6.07, 6.45) is 2.59. The molecule has 2 aromatic rings. The lowest BCUT2D eigenvalue weighted by Gasteiger charge is -2.09. The van der Waals surface area contributed by atoms with Gasteiger partial charge in [0.25, 0.3) is 0 Å². The highest BCUT2D eigenvalue weighted by Gasteiger charge is 2.06. The van der Waals surface area contributed by atoms with Crippen LogP contribution in [0.3, 0.4) is 0 Å². The molecule has 88 valence electrons. The molecule has 0 bridgehead atoms. The van der Waals surface area contributed by atoms with Crippen molar-refractivity contribution in [2.75, 3.05) is 0 Å². The van der Waals surface area contributed by atoms with E-state index in [0.29, 0.717) is 0 Å².